The minimum absolute atomic E-state index is 0.0944. The molecule has 1 aliphatic carbocycles. The quantitative estimate of drug-likeness (QED) is 0.822. The summed E-state index contributed by atoms with van der Waals surface area (Å²) < 4.78 is 30.7. The fraction of sp³-hybridized carbons (Fsp3) is 0.533. The van der Waals surface area contributed by atoms with Crippen molar-refractivity contribution in [1.82, 2.24) is 5.32 Å². The molecule has 1 saturated carbocycles. The van der Waals surface area contributed by atoms with E-state index in [2.05, 4.69) is 5.32 Å². The monoisotopic (exact) mass is 326 g/mol. The Morgan fingerprint density at radius 1 is 1.41 bits per heavy atom. The molecule has 122 valence electrons. The van der Waals surface area contributed by atoms with Gasteiger partial charge in [0, 0.05) is 19.0 Å². The summed E-state index contributed by atoms with van der Waals surface area (Å²) in [4.78, 5) is 11.8. The number of methoxy groups -OCH3 is 1. The number of aryl methyl sites for hydroxylation is 1. The van der Waals surface area contributed by atoms with Crippen LogP contribution in [0.25, 0.3) is 0 Å². The molecule has 0 radical (unpaired) electrons. The van der Waals surface area contributed by atoms with Gasteiger partial charge < -0.3 is 10.1 Å². The van der Waals surface area contributed by atoms with Crippen molar-refractivity contribution < 1.29 is 17.9 Å². The lowest BCUT2D eigenvalue weighted by molar-refractivity contribution is -0.121. The first-order valence-corrected chi connectivity index (χ1v) is 9.08. The number of carbonyl (C=O) groups is 1. The van der Waals surface area contributed by atoms with Crippen LogP contribution in [0.4, 0.5) is 5.69 Å². The maximum absolute atomic E-state index is 12.1. The van der Waals surface area contributed by atoms with Crippen LogP contribution in [0.5, 0.6) is 5.75 Å². The smallest absolute Gasteiger partial charge is 0.232 e. The third-order valence-electron chi connectivity index (χ3n) is 3.49. The lowest BCUT2D eigenvalue weighted by atomic mass is 10.2. The lowest BCUT2D eigenvalue weighted by Gasteiger charge is -2.24. The van der Waals surface area contributed by atoms with Crippen molar-refractivity contribution in [1.29, 1.82) is 0 Å². The fourth-order valence-corrected chi connectivity index (χ4v) is 3.11. The molecular weight excluding hydrogens is 304 g/mol. The third kappa shape index (κ3) is 4.37. The molecule has 0 unspecified atom stereocenters. The zero-order valence-electron chi connectivity index (χ0n) is 13.1. The normalized spacial score (nSPS) is 14.5. The van der Waals surface area contributed by atoms with E-state index in [1.165, 1.54) is 11.4 Å². The van der Waals surface area contributed by atoms with Gasteiger partial charge in [-0.3, -0.25) is 9.10 Å². The predicted molar refractivity (Wildman–Crippen MR) is 85.7 cm³/mol. The van der Waals surface area contributed by atoms with Crippen molar-refractivity contribution in [3.8, 4) is 5.75 Å². The van der Waals surface area contributed by atoms with Crippen molar-refractivity contribution in [2.75, 3.05) is 24.2 Å². The van der Waals surface area contributed by atoms with Gasteiger partial charge in [-0.1, -0.05) is 6.07 Å². The highest BCUT2D eigenvalue weighted by atomic mass is 32.2. The summed E-state index contributed by atoms with van der Waals surface area (Å²) in [5.74, 6) is 0.349. The Balaban J connectivity index is 2.19. The first-order valence-electron chi connectivity index (χ1n) is 7.23. The Kier molecular flexibility index (Phi) is 4.95. The van der Waals surface area contributed by atoms with Crippen LogP contribution in [0.1, 0.15) is 24.8 Å². The van der Waals surface area contributed by atoms with E-state index in [1.54, 1.807) is 12.1 Å². The van der Waals surface area contributed by atoms with E-state index >= 15 is 0 Å². The molecule has 0 aliphatic heterocycles. The Hall–Kier alpha value is -1.76. The van der Waals surface area contributed by atoms with Gasteiger partial charge in [0.15, 0.2) is 0 Å². The molecule has 0 aromatic heterocycles. The van der Waals surface area contributed by atoms with E-state index in [0.717, 1.165) is 24.7 Å². The molecule has 0 saturated heterocycles. The van der Waals surface area contributed by atoms with Crippen LogP contribution in [0, 0.1) is 6.92 Å². The van der Waals surface area contributed by atoms with Gasteiger partial charge >= 0.3 is 0 Å². The number of hydrogen-bond donors (Lipinski definition) is 1. The van der Waals surface area contributed by atoms with Gasteiger partial charge in [-0.25, -0.2) is 8.42 Å². The van der Waals surface area contributed by atoms with Crippen LogP contribution >= 0.6 is 0 Å². The van der Waals surface area contributed by atoms with Gasteiger partial charge in [0.1, 0.15) is 5.75 Å². The van der Waals surface area contributed by atoms with Gasteiger partial charge in [-0.2, -0.15) is 0 Å². The van der Waals surface area contributed by atoms with E-state index in [-0.39, 0.29) is 24.9 Å². The van der Waals surface area contributed by atoms with Crippen LogP contribution in [0.15, 0.2) is 18.2 Å². The lowest BCUT2D eigenvalue weighted by Crippen LogP contribution is -2.35. The molecule has 0 atom stereocenters. The molecule has 1 aliphatic rings. The van der Waals surface area contributed by atoms with Crippen molar-refractivity contribution in [2.45, 2.75) is 32.2 Å². The number of nitrogens with zero attached hydrogens (tertiary/aromatic N) is 1. The molecule has 1 aromatic carbocycles. The second-order valence-corrected chi connectivity index (χ2v) is 7.51. The Labute approximate surface area is 131 Å². The van der Waals surface area contributed by atoms with Crippen LogP contribution in [0.3, 0.4) is 0 Å². The zero-order chi connectivity index (χ0) is 16.3. The minimum Gasteiger partial charge on any atom is -0.495 e. The molecular formula is C15H22N2O4S. The summed E-state index contributed by atoms with van der Waals surface area (Å²) in [5, 5.41) is 2.86. The van der Waals surface area contributed by atoms with Gasteiger partial charge in [0.05, 0.1) is 19.1 Å². The van der Waals surface area contributed by atoms with Crippen LogP contribution in [0.2, 0.25) is 0 Å². The van der Waals surface area contributed by atoms with Gasteiger partial charge in [0.25, 0.3) is 0 Å². The van der Waals surface area contributed by atoms with Crippen LogP contribution in [-0.2, 0) is 14.8 Å². The fourth-order valence-electron chi connectivity index (χ4n) is 2.19. The molecule has 2 rings (SSSR count). The molecule has 1 amide bonds. The topological polar surface area (TPSA) is 75.7 Å². The first-order chi connectivity index (χ1) is 10.3. The average Bonchev–Trinajstić information content (AvgIpc) is 3.21. The SMILES string of the molecule is COc1ccc(C)cc1N(CCC(=O)NC1CC1)S(C)(=O)=O. The van der Waals surface area contributed by atoms with E-state index in [4.69, 9.17) is 4.74 Å². The third-order valence-corrected chi connectivity index (χ3v) is 4.67. The van der Waals surface area contributed by atoms with Gasteiger partial charge in [-0.05, 0) is 37.5 Å². The van der Waals surface area contributed by atoms with Crippen molar-refractivity contribution >= 4 is 21.6 Å². The van der Waals surface area contributed by atoms with E-state index in [0.29, 0.717) is 11.4 Å². The molecule has 7 heteroatoms. The molecule has 1 N–H and O–H groups in total. The minimum atomic E-state index is -3.50. The number of benzene rings is 1. The van der Waals surface area contributed by atoms with Gasteiger partial charge in [-0.15, -0.1) is 0 Å². The molecule has 0 spiro atoms. The maximum Gasteiger partial charge on any atom is 0.232 e. The summed E-state index contributed by atoms with van der Waals surface area (Å²) in [6.45, 7) is 1.97. The molecule has 6 nitrogen and oxygen atoms in total. The Morgan fingerprint density at radius 2 is 2.09 bits per heavy atom. The highest BCUT2D eigenvalue weighted by molar-refractivity contribution is 7.92. The van der Waals surface area contributed by atoms with Crippen LogP contribution < -0.4 is 14.4 Å². The van der Waals surface area contributed by atoms with Gasteiger partial charge in [0.2, 0.25) is 15.9 Å². The molecule has 1 aromatic rings. The average molecular weight is 326 g/mol. The number of nitrogens with one attached hydrogen (secondary N) is 1. The number of hydrogen-bond acceptors (Lipinski definition) is 4. The van der Waals surface area contributed by atoms with E-state index in [9.17, 15) is 13.2 Å². The Bertz CT molecular complexity index is 654. The number of carbonyl (C=O) groups excluding carboxylic acids is 1. The van der Waals surface area contributed by atoms with Crippen LogP contribution in [-0.4, -0.2) is 40.3 Å². The second kappa shape index (κ2) is 6.56. The summed E-state index contributed by atoms with van der Waals surface area (Å²) in [6, 6.07) is 5.60. The summed E-state index contributed by atoms with van der Waals surface area (Å²) in [6.07, 6.45) is 3.27. The zero-order valence-corrected chi connectivity index (χ0v) is 13.9. The summed E-state index contributed by atoms with van der Waals surface area (Å²) in [5.41, 5.74) is 1.39. The largest absolute Gasteiger partial charge is 0.495 e. The number of sulfonamides is 1. The number of rotatable bonds is 7. The standard InChI is InChI=1S/C15H22N2O4S/c1-11-4-7-14(21-2)13(10-11)17(22(3,19)20)9-8-15(18)16-12-5-6-12/h4,7,10,12H,5-6,8-9H2,1-3H3,(H,16,18). The number of anilines is 1. The maximum atomic E-state index is 12.1. The molecule has 0 heterocycles. The van der Waals surface area contributed by atoms with E-state index < -0.39 is 10.0 Å². The van der Waals surface area contributed by atoms with Crippen molar-refractivity contribution in [3.63, 3.8) is 0 Å². The highest BCUT2D eigenvalue weighted by Crippen LogP contribution is 2.31. The molecule has 22 heavy (non-hydrogen) atoms. The summed E-state index contributed by atoms with van der Waals surface area (Å²) in [7, 11) is -2.01. The predicted octanol–water partition coefficient (Wildman–Crippen LogP) is 1.44. The second-order valence-electron chi connectivity index (χ2n) is 5.60. The number of ether oxygens (including phenoxy) is 1. The Morgan fingerprint density at radius 3 is 2.64 bits per heavy atom. The van der Waals surface area contributed by atoms with Crippen molar-refractivity contribution in [2.24, 2.45) is 0 Å². The molecule has 1 fully saturated rings. The first kappa shape index (κ1) is 16.6. The summed E-state index contributed by atoms with van der Waals surface area (Å²) >= 11 is 0. The number of amides is 1. The molecule has 0 bridgehead atoms. The highest BCUT2D eigenvalue weighted by Gasteiger charge is 2.25. The van der Waals surface area contributed by atoms with Crippen molar-refractivity contribution in [3.05, 3.63) is 23.8 Å². The van der Waals surface area contributed by atoms with E-state index in [1.807, 2.05) is 13.0 Å².